The number of hydrogen-bond donors (Lipinski definition) is 1. The maximum Gasteiger partial charge on any atom is 0.375 e. The number of carbonyl (C=O) groups excluding carboxylic acids is 1. The normalized spacial score (nSPS) is 24.1. The van der Waals surface area contributed by atoms with Crippen LogP contribution < -0.4 is 5.73 Å². The standard InChI is InChI=1S/C4H6NO2/c5-4(1-2-4)3(6)7/h1-2,5H2. The van der Waals surface area contributed by atoms with E-state index < -0.39 is 11.5 Å². The van der Waals surface area contributed by atoms with Gasteiger partial charge in [0.1, 0.15) is 5.54 Å². The molecular formula is C4H6NO2. The van der Waals surface area contributed by atoms with Crippen molar-refractivity contribution in [1.29, 1.82) is 0 Å². The van der Waals surface area contributed by atoms with Crippen LogP contribution in [-0.2, 0) is 9.90 Å². The summed E-state index contributed by atoms with van der Waals surface area (Å²) < 4.78 is 0. The van der Waals surface area contributed by atoms with E-state index in [9.17, 15) is 9.90 Å². The zero-order chi connectivity index (χ0) is 5.49. The van der Waals surface area contributed by atoms with Crippen molar-refractivity contribution >= 4 is 5.97 Å². The Morgan fingerprint density at radius 2 is 2.00 bits per heavy atom. The van der Waals surface area contributed by atoms with Crippen molar-refractivity contribution in [1.82, 2.24) is 0 Å². The van der Waals surface area contributed by atoms with Crippen LogP contribution in [0.2, 0.25) is 0 Å². The van der Waals surface area contributed by atoms with E-state index in [-0.39, 0.29) is 0 Å². The lowest BCUT2D eigenvalue weighted by Gasteiger charge is -1.91. The van der Waals surface area contributed by atoms with Gasteiger partial charge in [-0.05, 0) is 12.8 Å². The fourth-order valence-electron chi connectivity index (χ4n) is 0.339. The van der Waals surface area contributed by atoms with Crippen LogP contribution >= 0.6 is 0 Å². The molecule has 2 N–H and O–H groups in total. The van der Waals surface area contributed by atoms with Gasteiger partial charge < -0.3 is 5.73 Å². The summed E-state index contributed by atoms with van der Waals surface area (Å²) in [4.78, 5) is 9.85. The minimum Gasteiger partial charge on any atom is -0.316 e. The molecule has 3 nitrogen and oxygen atoms in total. The summed E-state index contributed by atoms with van der Waals surface area (Å²) in [7, 11) is 0. The van der Waals surface area contributed by atoms with Crippen LogP contribution in [0, 0.1) is 0 Å². The van der Waals surface area contributed by atoms with Gasteiger partial charge in [0.05, 0.1) is 0 Å². The summed E-state index contributed by atoms with van der Waals surface area (Å²) >= 11 is 0. The Labute approximate surface area is 41.1 Å². The third-order valence-electron chi connectivity index (χ3n) is 1.20. The van der Waals surface area contributed by atoms with E-state index in [4.69, 9.17) is 5.73 Å². The number of nitrogens with two attached hydrogens (primary N) is 1. The maximum absolute atomic E-state index is 9.85. The van der Waals surface area contributed by atoms with Gasteiger partial charge in [0.2, 0.25) is 0 Å². The third-order valence-corrected chi connectivity index (χ3v) is 1.20. The first kappa shape index (κ1) is 4.59. The van der Waals surface area contributed by atoms with Crippen molar-refractivity contribution in [3.63, 3.8) is 0 Å². The Bertz CT molecular complexity index is 106. The molecule has 3 heteroatoms. The molecule has 0 aromatic rings. The Morgan fingerprint density at radius 3 is 2.00 bits per heavy atom. The lowest BCUT2D eigenvalue weighted by atomic mass is 10.3. The van der Waals surface area contributed by atoms with Crippen molar-refractivity contribution < 1.29 is 9.90 Å². The fraction of sp³-hybridized carbons (Fsp3) is 0.750. The molecule has 0 aromatic heterocycles. The summed E-state index contributed by atoms with van der Waals surface area (Å²) in [6.45, 7) is 0. The van der Waals surface area contributed by atoms with Crippen LogP contribution in [0.4, 0.5) is 0 Å². The molecule has 0 spiro atoms. The van der Waals surface area contributed by atoms with Gasteiger partial charge in [-0.3, -0.25) is 0 Å². The molecule has 0 amide bonds. The molecule has 0 unspecified atom stereocenters. The quantitative estimate of drug-likeness (QED) is 0.479. The van der Waals surface area contributed by atoms with Gasteiger partial charge in [-0.2, -0.15) is 0 Å². The van der Waals surface area contributed by atoms with Gasteiger partial charge in [0, 0.05) is 0 Å². The summed E-state index contributed by atoms with van der Waals surface area (Å²) in [5.74, 6) is -1.12. The number of rotatable bonds is 1. The van der Waals surface area contributed by atoms with Crippen LogP contribution in [0.3, 0.4) is 0 Å². The molecule has 0 aliphatic heterocycles. The molecule has 1 rings (SSSR count). The van der Waals surface area contributed by atoms with Gasteiger partial charge in [0.25, 0.3) is 0 Å². The lowest BCUT2D eigenvalue weighted by Crippen LogP contribution is -2.31. The van der Waals surface area contributed by atoms with Gasteiger partial charge in [-0.15, -0.1) is 0 Å². The molecule has 1 aliphatic rings. The number of hydrogen-bond acceptors (Lipinski definition) is 2. The average Bonchev–Trinajstić information content (AvgIpc) is 2.21. The van der Waals surface area contributed by atoms with Crippen LogP contribution in [0.25, 0.3) is 0 Å². The maximum atomic E-state index is 9.85. The van der Waals surface area contributed by atoms with Crippen molar-refractivity contribution in [2.75, 3.05) is 0 Å². The van der Waals surface area contributed by atoms with E-state index in [2.05, 4.69) is 0 Å². The molecule has 1 aliphatic carbocycles. The summed E-state index contributed by atoms with van der Waals surface area (Å²) in [6, 6.07) is 0. The van der Waals surface area contributed by atoms with Crippen molar-refractivity contribution in [2.45, 2.75) is 18.4 Å². The zero-order valence-electron chi connectivity index (χ0n) is 3.81. The van der Waals surface area contributed by atoms with Crippen LogP contribution in [-0.4, -0.2) is 11.5 Å². The molecule has 0 bridgehead atoms. The first-order valence-corrected chi connectivity index (χ1v) is 2.15. The van der Waals surface area contributed by atoms with Crippen molar-refractivity contribution in [3.8, 4) is 0 Å². The van der Waals surface area contributed by atoms with Crippen molar-refractivity contribution in [2.24, 2.45) is 5.73 Å². The lowest BCUT2D eigenvalue weighted by molar-refractivity contribution is -0.145. The van der Waals surface area contributed by atoms with E-state index in [0.29, 0.717) is 12.8 Å². The van der Waals surface area contributed by atoms with E-state index in [1.165, 1.54) is 0 Å². The molecule has 0 aromatic carbocycles. The molecule has 0 heterocycles. The monoisotopic (exact) mass is 100 g/mol. The summed E-state index contributed by atoms with van der Waals surface area (Å²) in [5.41, 5.74) is 4.18. The highest BCUT2D eigenvalue weighted by Gasteiger charge is 2.47. The predicted molar refractivity (Wildman–Crippen MR) is 21.8 cm³/mol. The fourth-order valence-corrected chi connectivity index (χ4v) is 0.339. The van der Waals surface area contributed by atoms with Gasteiger partial charge in [-0.1, -0.05) is 0 Å². The van der Waals surface area contributed by atoms with Gasteiger partial charge >= 0.3 is 5.97 Å². The molecule has 1 fully saturated rings. The average molecular weight is 100 g/mol. The minimum atomic E-state index is -1.12. The third kappa shape index (κ3) is 0.587. The highest BCUT2D eigenvalue weighted by atomic mass is 16.4. The minimum absolute atomic E-state index is 0.579. The van der Waals surface area contributed by atoms with Crippen LogP contribution in [0.5, 0.6) is 0 Å². The Hall–Kier alpha value is -0.570. The second-order valence-electron chi connectivity index (χ2n) is 1.94. The molecular weight excluding hydrogens is 94.0 g/mol. The highest BCUT2D eigenvalue weighted by molar-refractivity contribution is 5.81. The van der Waals surface area contributed by atoms with Gasteiger partial charge in [0.15, 0.2) is 0 Å². The second kappa shape index (κ2) is 0.980. The van der Waals surface area contributed by atoms with E-state index in [0.717, 1.165) is 0 Å². The second-order valence-corrected chi connectivity index (χ2v) is 1.94. The molecule has 0 atom stereocenters. The molecule has 7 heavy (non-hydrogen) atoms. The smallest absolute Gasteiger partial charge is 0.316 e. The predicted octanol–water partition coefficient (Wildman–Crippen LogP) is -0.565. The Morgan fingerprint density at radius 1 is 1.57 bits per heavy atom. The Balaban J connectivity index is 2.55. The van der Waals surface area contributed by atoms with E-state index in [1.807, 2.05) is 0 Å². The van der Waals surface area contributed by atoms with Crippen molar-refractivity contribution in [3.05, 3.63) is 0 Å². The van der Waals surface area contributed by atoms with Crippen LogP contribution in [0.15, 0.2) is 0 Å². The highest BCUT2D eigenvalue weighted by Crippen LogP contribution is 2.31. The van der Waals surface area contributed by atoms with Crippen LogP contribution in [0.1, 0.15) is 12.8 Å². The molecule has 1 radical (unpaired) electrons. The first-order valence-electron chi connectivity index (χ1n) is 2.15. The number of carbonyl (C=O) groups is 1. The molecule has 39 valence electrons. The zero-order valence-corrected chi connectivity index (χ0v) is 3.81. The van der Waals surface area contributed by atoms with E-state index >= 15 is 0 Å². The molecule has 0 saturated heterocycles. The molecule has 1 saturated carbocycles. The summed E-state index contributed by atoms with van der Waals surface area (Å²) in [6.07, 6.45) is 1.16. The largest absolute Gasteiger partial charge is 0.375 e. The summed E-state index contributed by atoms with van der Waals surface area (Å²) in [5, 5.41) is 9.85. The van der Waals surface area contributed by atoms with E-state index in [1.54, 1.807) is 0 Å². The Kier molecular flexibility index (Phi) is 0.642. The van der Waals surface area contributed by atoms with Gasteiger partial charge in [-0.25, -0.2) is 9.90 Å². The topological polar surface area (TPSA) is 63.0 Å². The first-order chi connectivity index (χ1) is 3.15. The SMILES string of the molecule is NC1(C([O])=O)CC1.